The van der Waals surface area contributed by atoms with Gasteiger partial charge in [-0.2, -0.15) is 0 Å². The molecule has 0 unspecified atom stereocenters. The highest BCUT2D eigenvalue weighted by atomic mass is 35.5. The van der Waals surface area contributed by atoms with Crippen LogP contribution in [-0.4, -0.2) is 6.04 Å². The summed E-state index contributed by atoms with van der Waals surface area (Å²) >= 11 is 6.40. The van der Waals surface area contributed by atoms with Gasteiger partial charge in [-0.15, -0.1) is 0 Å². The maximum absolute atomic E-state index is 6.40. The van der Waals surface area contributed by atoms with Crippen LogP contribution in [0.25, 0.3) is 11.1 Å². The van der Waals surface area contributed by atoms with Crippen molar-refractivity contribution in [2.45, 2.75) is 38.8 Å². The van der Waals surface area contributed by atoms with Gasteiger partial charge in [0.25, 0.3) is 0 Å². The largest absolute Gasteiger partial charge is 0.310 e. The van der Waals surface area contributed by atoms with Gasteiger partial charge in [-0.1, -0.05) is 54.9 Å². The normalized spacial score (nSPS) is 14.5. The van der Waals surface area contributed by atoms with Crippen LogP contribution in [0.4, 0.5) is 0 Å². The third kappa shape index (κ3) is 3.23. The van der Waals surface area contributed by atoms with Crippen LogP contribution in [0, 0.1) is 0 Å². The van der Waals surface area contributed by atoms with Crippen molar-refractivity contribution in [1.82, 2.24) is 5.32 Å². The van der Waals surface area contributed by atoms with Gasteiger partial charge in [0, 0.05) is 17.6 Å². The summed E-state index contributed by atoms with van der Waals surface area (Å²) < 4.78 is 0. The number of nitrogens with one attached hydrogen (secondary N) is 1. The van der Waals surface area contributed by atoms with Crippen molar-refractivity contribution < 1.29 is 0 Å². The molecule has 0 saturated heterocycles. The molecule has 1 N–H and O–H groups in total. The Hall–Kier alpha value is -1.31. The maximum atomic E-state index is 6.40. The second-order valence-electron chi connectivity index (χ2n) is 5.51. The third-order valence-electron chi connectivity index (χ3n) is 3.91. The van der Waals surface area contributed by atoms with E-state index < -0.39 is 0 Å². The van der Waals surface area contributed by atoms with Crippen molar-refractivity contribution in [3.8, 4) is 11.1 Å². The molecular weight excluding hydrogens is 266 g/mol. The molecule has 104 valence electrons. The SMILES string of the molecule is CCc1ccc(-c2ccc(CNC3CC3)c(Cl)c2)cc1. The van der Waals surface area contributed by atoms with E-state index in [1.807, 2.05) is 0 Å². The summed E-state index contributed by atoms with van der Waals surface area (Å²) in [6, 6.07) is 15.8. The molecule has 3 rings (SSSR count). The number of benzene rings is 2. The first-order valence-corrected chi connectivity index (χ1v) is 7.75. The Bertz CT molecular complexity index is 585. The molecule has 0 aliphatic heterocycles. The molecule has 1 aliphatic rings. The lowest BCUT2D eigenvalue weighted by Crippen LogP contribution is -2.15. The number of hydrogen-bond acceptors (Lipinski definition) is 1. The monoisotopic (exact) mass is 285 g/mol. The predicted octanol–water partition coefficient (Wildman–Crippen LogP) is 4.82. The standard InChI is InChI=1S/C18H20ClN/c1-2-13-3-5-14(6-4-13)15-7-8-16(18(19)11-15)12-20-17-9-10-17/h3-8,11,17,20H,2,9-10,12H2,1H3. The van der Waals surface area contributed by atoms with Crippen LogP contribution in [0.15, 0.2) is 42.5 Å². The highest BCUT2D eigenvalue weighted by Gasteiger charge is 2.20. The predicted molar refractivity (Wildman–Crippen MR) is 86.1 cm³/mol. The molecule has 1 fully saturated rings. The summed E-state index contributed by atoms with van der Waals surface area (Å²) in [7, 11) is 0. The number of halogens is 1. The van der Waals surface area contributed by atoms with Gasteiger partial charge in [0.05, 0.1) is 0 Å². The zero-order chi connectivity index (χ0) is 13.9. The summed E-state index contributed by atoms with van der Waals surface area (Å²) in [5.74, 6) is 0. The fourth-order valence-electron chi connectivity index (χ4n) is 2.34. The van der Waals surface area contributed by atoms with Crippen molar-refractivity contribution in [3.63, 3.8) is 0 Å². The van der Waals surface area contributed by atoms with Crippen LogP contribution < -0.4 is 5.32 Å². The van der Waals surface area contributed by atoms with E-state index in [2.05, 4.69) is 54.7 Å². The molecule has 0 atom stereocenters. The molecular formula is C18H20ClN. The first kappa shape index (κ1) is 13.7. The molecule has 2 heteroatoms. The van der Waals surface area contributed by atoms with E-state index in [4.69, 9.17) is 11.6 Å². The van der Waals surface area contributed by atoms with Crippen molar-refractivity contribution in [2.75, 3.05) is 0 Å². The highest BCUT2D eigenvalue weighted by molar-refractivity contribution is 6.31. The van der Waals surface area contributed by atoms with E-state index in [1.165, 1.54) is 35.1 Å². The first-order chi connectivity index (χ1) is 9.76. The Labute approximate surface area is 126 Å². The fraction of sp³-hybridized carbons (Fsp3) is 0.333. The molecule has 20 heavy (non-hydrogen) atoms. The Morgan fingerprint density at radius 2 is 1.75 bits per heavy atom. The van der Waals surface area contributed by atoms with E-state index in [0.717, 1.165) is 18.0 Å². The van der Waals surface area contributed by atoms with Crippen molar-refractivity contribution in [2.24, 2.45) is 0 Å². The van der Waals surface area contributed by atoms with Crippen LogP contribution in [-0.2, 0) is 13.0 Å². The number of rotatable bonds is 5. The molecule has 1 saturated carbocycles. The van der Waals surface area contributed by atoms with E-state index in [1.54, 1.807) is 0 Å². The molecule has 0 radical (unpaired) electrons. The van der Waals surface area contributed by atoms with Crippen LogP contribution in [0.5, 0.6) is 0 Å². The van der Waals surface area contributed by atoms with Gasteiger partial charge in [0.15, 0.2) is 0 Å². The lowest BCUT2D eigenvalue weighted by molar-refractivity contribution is 0.688. The maximum Gasteiger partial charge on any atom is 0.0457 e. The summed E-state index contributed by atoms with van der Waals surface area (Å²) in [5.41, 5.74) is 4.97. The average Bonchev–Trinajstić information content (AvgIpc) is 3.30. The zero-order valence-electron chi connectivity index (χ0n) is 11.8. The topological polar surface area (TPSA) is 12.0 Å². The van der Waals surface area contributed by atoms with Gasteiger partial charge in [0.1, 0.15) is 0 Å². The molecule has 2 aromatic rings. The van der Waals surface area contributed by atoms with Crippen molar-refractivity contribution >= 4 is 11.6 Å². The summed E-state index contributed by atoms with van der Waals surface area (Å²) in [5, 5.41) is 4.36. The van der Waals surface area contributed by atoms with Crippen LogP contribution >= 0.6 is 11.6 Å². The van der Waals surface area contributed by atoms with E-state index in [0.29, 0.717) is 6.04 Å². The minimum absolute atomic E-state index is 0.715. The summed E-state index contributed by atoms with van der Waals surface area (Å²) in [6.07, 6.45) is 3.69. The van der Waals surface area contributed by atoms with Gasteiger partial charge in [-0.05, 0) is 47.6 Å². The molecule has 0 aromatic heterocycles. The van der Waals surface area contributed by atoms with Gasteiger partial charge < -0.3 is 5.32 Å². The molecule has 0 amide bonds. The molecule has 0 bridgehead atoms. The lowest BCUT2D eigenvalue weighted by Gasteiger charge is -2.09. The lowest BCUT2D eigenvalue weighted by atomic mass is 10.0. The highest BCUT2D eigenvalue weighted by Crippen LogP contribution is 2.27. The minimum Gasteiger partial charge on any atom is -0.310 e. The van der Waals surface area contributed by atoms with Gasteiger partial charge in [-0.25, -0.2) is 0 Å². The second kappa shape index (κ2) is 5.99. The molecule has 0 spiro atoms. The second-order valence-corrected chi connectivity index (χ2v) is 5.92. The Kier molecular flexibility index (Phi) is 4.09. The van der Waals surface area contributed by atoms with Crippen LogP contribution in [0.1, 0.15) is 30.9 Å². The van der Waals surface area contributed by atoms with E-state index in [-0.39, 0.29) is 0 Å². The zero-order valence-corrected chi connectivity index (χ0v) is 12.6. The van der Waals surface area contributed by atoms with Crippen molar-refractivity contribution in [3.05, 3.63) is 58.6 Å². The van der Waals surface area contributed by atoms with E-state index in [9.17, 15) is 0 Å². The van der Waals surface area contributed by atoms with Crippen LogP contribution in [0.2, 0.25) is 5.02 Å². The van der Waals surface area contributed by atoms with Crippen LogP contribution in [0.3, 0.4) is 0 Å². The van der Waals surface area contributed by atoms with Gasteiger partial charge >= 0.3 is 0 Å². The van der Waals surface area contributed by atoms with Gasteiger partial charge in [-0.3, -0.25) is 0 Å². The molecule has 1 aliphatic carbocycles. The minimum atomic E-state index is 0.715. The van der Waals surface area contributed by atoms with Crippen molar-refractivity contribution in [1.29, 1.82) is 0 Å². The van der Waals surface area contributed by atoms with Gasteiger partial charge in [0.2, 0.25) is 0 Å². The summed E-state index contributed by atoms with van der Waals surface area (Å²) in [4.78, 5) is 0. The Morgan fingerprint density at radius 1 is 1.05 bits per heavy atom. The van der Waals surface area contributed by atoms with E-state index >= 15 is 0 Å². The first-order valence-electron chi connectivity index (χ1n) is 7.37. The summed E-state index contributed by atoms with van der Waals surface area (Å²) in [6.45, 7) is 3.05. The quantitative estimate of drug-likeness (QED) is 0.830. The molecule has 1 nitrogen and oxygen atoms in total. The fourth-order valence-corrected chi connectivity index (χ4v) is 2.59. The average molecular weight is 286 g/mol. The molecule has 0 heterocycles. The molecule has 2 aromatic carbocycles. The third-order valence-corrected chi connectivity index (χ3v) is 4.26. The number of aryl methyl sites for hydroxylation is 1. The number of hydrogen-bond donors (Lipinski definition) is 1. The Balaban J connectivity index is 1.77. The Morgan fingerprint density at radius 3 is 2.35 bits per heavy atom. The smallest absolute Gasteiger partial charge is 0.0457 e.